The highest BCUT2D eigenvalue weighted by atomic mass is 16.7. The number of carbonyl (C=O) groups excluding carboxylic acids is 1. The molecule has 1 heterocycles. The minimum Gasteiger partial charge on any atom is -0.451 e. The Morgan fingerprint density at radius 1 is 1.08 bits per heavy atom. The lowest BCUT2D eigenvalue weighted by atomic mass is 9.73. The smallest absolute Gasteiger partial charge is 0.261 e. The standard InChI is InChI=1S/C20H16O4/c21-14-9-10-15(22)19-13(14)6-3-11-20(19)23-16-7-1-4-12-5-2-8-17(24-20)18(12)16/h1-2,4-10,15,19,22H,3,11H2/t15-,19+/m1/s1. The van der Waals surface area contributed by atoms with E-state index in [2.05, 4.69) is 0 Å². The van der Waals surface area contributed by atoms with Crippen LogP contribution in [-0.2, 0) is 4.79 Å². The molecule has 0 saturated carbocycles. The van der Waals surface area contributed by atoms with Gasteiger partial charge < -0.3 is 14.6 Å². The van der Waals surface area contributed by atoms with Crippen LogP contribution in [0.5, 0.6) is 11.5 Å². The highest BCUT2D eigenvalue weighted by molar-refractivity contribution is 6.06. The summed E-state index contributed by atoms with van der Waals surface area (Å²) in [5.41, 5.74) is 0.586. The van der Waals surface area contributed by atoms with Gasteiger partial charge in [0.1, 0.15) is 11.5 Å². The number of hydrogen-bond donors (Lipinski definition) is 1. The van der Waals surface area contributed by atoms with Crippen molar-refractivity contribution < 1.29 is 19.4 Å². The molecule has 2 aromatic rings. The van der Waals surface area contributed by atoms with Crippen molar-refractivity contribution in [1.29, 1.82) is 0 Å². The Labute approximate surface area is 139 Å². The lowest BCUT2D eigenvalue weighted by Gasteiger charge is -2.47. The Morgan fingerprint density at radius 2 is 1.79 bits per heavy atom. The molecule has 1 spiro atoms. The van der Waals surface area contributed by atoms with Crippen molar-refractivity contribution in [3.63, 3.8) is 0 Å². The number of ether oxygens (including phenoxy) is 2. The highest BCUT2D eigenvalue weighted by Gasteiger charge is 2.54. The zero-order valence-corrected chi connectivity index (χ0v) is 12.9. The van der Waals surface area contributed by atoms with Gasteiger partial charge in [0.05, 0.1) is 17.4 Å². The first-order valence-corrected chi connectivity index (χ1v) is 8.18. The SMILES string of the molecule is O=C1C=C[C@@H](O)[C@@H]2C1=CCCC21Oc2cccc3cccc(c23)O1. The molecule has 0 radical (unpaired) electrons. The van der Waals surface area contributed by atoms with Crippen molar-refractivity contribution in [2.24, 2.45) is 5.92 Å². The Balaban J connectivity index is 1.69. The predicted octanol–water partition coefficient (Wildman–Crippen LogP) is 3.14. The van der Waals surface area contributed by atoms with E-state index < -0.39 is 17.8 Å². The average Bonchev–Trinajstić information content (AvgIpc) is 2.58. The van der Waals surface area contributed by atoms with E-state index in [1.54, 1.807) is 0 Å². The Kier molecular flexibility index (Phi) is 2.71. The highest BCUT2D eigenvalue weighted by Crippen LogP contribution is 2.49. The van der Waals surface area contributed by atoms with Gasteiger partial charge in [0.15, 0.2) is 5.78 Å². The third-order valence-electron chi connectivity index (χ3n) is 5.13. The molecule has 2 aromatic carbocycles. The fraction of sp³-hybridized carbons (Fsp3) is 0.250. The normalized spacial score (nSPS) is 26.5. The maximum absolute atomic E-state index is 12.3. The molecule has 0 bridgehead atoms. The number of ketones is 1. The lowest BCUT2D eigenvalue weighted by Crippen LogP contribution is -2.57. The van der Waals surface area contributed by atoms with Crippen LogP contribution in [0.4, 0.5) is 0 Å². The summed E-state index contributed by atoms with van der Waals surface area (Å²) in [6, 6.07) is 11.8. The van der Waals surface area contributed by atoms with Gasteiger partial charge in [-0.2, -0.15) is 0 Å². The molecule has 0 fully saturated rings. The summed E-state index contributed by atoms with van der Waals surface area (Å²) in [7, 11) is 0. The molecule has 0 saturated heterocycles. The number of carbonyl (C=O) groups is 1. The third-order valence-corrected chi connectivity index (χ3v) is 5.13. The summed E-state index contributed by atoms with van der Waals surface area (Å²) < 4.78 is 12.6. The summed E-state index contributed by atoms with van der Waals surface area (Å²) in [5.74, 6) is -0.164. The van der Waals surface area contributed by atoms with E-state index in [9.17, 15) is 9.90 Å². The molecule has 4 nitrogen and oxygen atoms in total. The molecule has 24 heavy (non-hydrogen) atoms. The van der Waals surface area contributed by atoms with E-state index in [-0.39, 0.29) is 5.78 Å². The third kappa shape index (κ3) is 1.74. The second-order valence-electron chi connectivity index (χ2n) is 6.52. The molecule has 4 heteroatoms. The van der Waals surface area contributed by atoms with Crippen molar-refractivity contribution in [3.05, 3.63) is 60.2 Å². The maximum Gasteiger partial charge on any atom is 0.261 e. The van der Waals surface area contributed by atoms with Gasteiger partial charge in [-0.1, -0.05) is 36.4 Å². The van der Waals surface area contributed by atoms with Crippen molar-refractivity contribution in [2.75, 3.05) is 0 Å². The Morgan fingerprint density at radius 3 is 2.50 bits per heavy atom. The van der Waals surface area contributed by atoms with Crippen molar-refractivity contribution in [2.45, 2.75) is 24.7 Å². The number of aliphatic hydroxyl groups excluding tert-OH is 1. The van der Waals surface area contributed by atoms with Crippen molar-refractivity contribution >= 4 is 16.6 Å². The fourth-order valence-electron chi connectivity index (χ4n) is 4.10. The molecule has 1 N–H and O–H groups in total. The van der Waals surface area contributed by atoms with E-state index >= 15 is 0 Å². The van der Waals surface area contributed by atoms with E-state index in [0.717, 1.165) is 22.3 Å². The average molecular weight is 320 g/mol. The van der Waals surface area contributed by atoms with Crippen molar-refractivity contribution in [3.8, 4) is 11.5 Å². The summed E-state index contributed by atoms with van der Waals surface area (Å²) in [6.45, 7) is 0. The number of aliphatic hydroxyl groups is 1. The molecule has 2 atom stereocenters. The summed E-state index contributed by atoms with van der Waals surface area (Å²) >= 11 is 0. The Hall–Kier alpha value is -2.59. The van der Waals surface area contributed by atoms with Gasteiger partial charge in [-0.25, -0.2) is 0 Å². The van der Waals surface area contributed by atoms with Gasteiger partial charge in [-0.15, -0.1) is 0 Å². The number of hydrogen-bond acceptors (Lipinski definition) is 4. The predicted molar refractivity (Wildman–Crippen MR) is 88.9 cm³/mol. The molecule has 0 amide bonds. The molecule has 120 valence electrons. The second-order valence-corrected chi connectivity index (χ2v) is 6.52. The molecule has 2 aliphatic carbocycles. The van der Waals surface area contributed by atoms with Crippen LogP contribution in [0.2, 0.25) is 0 Å². The van der Waals surface area contributed by atoms with Crippen molar-refractivity contribution in [1.82, 2.24) is 0 Å². The van der Waals surface area contributed by atoms with E-state index in [1.807, 2.05) is 42.5 Å². The van der Waals surface area contributed by atoms with Crippen LogP contribution in [-0.4, -0.2) is 22.8 Å². The lowest BCUT2D eigenvalue weighted by molar-refractivity contribution is -0.179. The monoisotopic (exact) mass is 320 g/mol. The zero-order valence-electron chi connectivity index (χ0n) is 12.9. The Bertz CT molecular complexity index is 884. The van der Waals surface area contributed by atoms with Gasteiger partial charge >= 0.3 is 0 Å². The molecule has 0 aromatic heterocycles. The first kappa shape index (κ1) is 13.8. The van der Waals surface area contributed by atoms with Crippen LogP contribution in [0, 0.1) is 5.92 Å². The van der Waals surface area contributed by atoms with Crippen LogP contribution in [0.15, 0.2) is 60.2 Å². The van der Waals surface area contributed by atoms with Crippen LogP contribution < -0.4 is 9.47 Å². The van der Waals surface area contributed by atoms with Gasteiger partial charge in [0, 0.05) is 12.0 Å². The number of fused-ring (bicyclic) bond motifs is 2. The van der Waals surface area contributed by atoms with Crippen LogP contribution in [0.1, 0.15) is 12.8 Å². The topological polar surface area (TPSA) is 55.8 Å². The maximum atomic E-state index is 12.3. The first-order valence-electron chi connectivity index (χ1n) is 8.18. The van der Waals surface area contributed by atoms with E-state index in [4.69, 9.17) is 9.47 Å². The molecule has 1 aliphatic heterocycles. The fourth-order valence-corrected chi connectivity index (χ4v) is 4.10. The quantitative estimate of drug-likeness (QED) is 0.810. The number of rotatable bonds is 0. The number of allylic oxidation sites excluding steroid dienone is 2. The molecule has 0 unspecified atom stereocenters. The first-order chi connectivity index (χ1) is 11.7. The summed E-state index contributed by atoms with van der Waals surface area (Å²) in [5, 5.41) is 12.5. The summed E-state index contributed by atoms with van der Waals surface area (Å²) in [6.07, 6.45) is 5.33. The van der Waals surface area contributed by atoms with Gasteiger partial charge in [0.25, 0.3) is 5.79 Å². The zero-order chi connectivity index (χ0) is 16.3. The van der Waals surface area contributed by atoms with E-state index in [0.29, 0.717) is 18.4 Å². The van der Waals surface area contributed by atoms with Crippen LogP contribution >= 0.6 is 0 Å². The molecular formula is C20H16O4. The van der Waals surface area contributed by atoms with Gasteiger partial charge in [-0.05, 0) is 30.0 Å². The largest absolute Gasteiger partial charge is 0.451 e. The van der Waals surface area contributed by atoms with Crippen LogP contribution in [0.25, 0.3) is 10.8 Å². The minimum absolute atomic E-state index is 0.0753. The molecule has 5 rings (SSSR count). The number of benzene rings is 2. The summed E-state index contributed by atoms with van der Waals surface area (Å²) in [4.78, 5) is 12.3. The molecular weight excluding hydrogens is 304 g/mol. The van der Waals surface area contributed by atoms with E-state index in [1.165, 1.54) is 12.2 Å². The second kappa shape index (κ2) is 4.71. The minimum atomic E-state index is -1.05. The van der Waals surface area contributed by atoms with Crippen LogP contribution in [0.3, 0.4) is 0 Å². The van der Waals surface area contributed by atoms with Gasteiger partial charge in [0.2, 0.25) is 0 Å². The van der Waals surface area contributed by atoms with Gasteiger partial charge in [-0.3, -0.25) is 4.79 Å². The molecule has 3 aliphatic rings.